The maximum atomic E-state index is 11.7. The van der Waals surface area contributed by atoms with Crippen LogP contribution in [0.5, 0.6) is 0 Å². The fraction of sp³-hybridized carbons (Fsp3) is 0.611. The zero-order valence-corrected chi connectivity index (χ0v) is 14.1. The van der Waals surface area contributed by atoms with Crippen molar-refractivity contribution in [2.45, 2.75) is 52.7 Å². The molecular weight excluding hydrogens is 278 g/mol. The van der Waals surface area contributed by atoms with E-state index >= 15 is 0 Å². The highest BCUT2D eigenvalue weighted by Gasteiger charge is 2.21. The Morgan fingerprint density at radius 2 is 1.91 bits per heavy atom. The summed E-state index contributed by atoms with van der Waals surface area (Å²) >= 11 is 0. The van der Waals surface area contributed by atoms with Gasteiger partial charge in [-0.3, -0.25) is 0 Å². The van der Waals surface area contributed by atoms with Gasteiger partial charge in [0, 0.05) is 13.1 Å². The van der Waals surface area contributed by atoms with Crippen molar-refractivity contribution in [2.24, 2.45) is 0 Å². The first kappa shape index (κ1) is 18.5. The van der Waals surface area contributed by atoms with Crippen LogP contribution in [0.4, 0.5) is 4.79 Å². The van der Waals surface area contributed by atoms with E-state index in [9.17, 15) is 4.79 Å². The molecule has 0 aromatic heterocycles. The van der Waals surface area contributed by atoms with E-state index in [1.807, 2.05) is 39.0 Å². The van der Waals surface area contributed by atoms with E-state index in [-0.39, 0.29) is 12.2 Å². The van der Waals surface area contributed by atoms with Crippen LogP contribution in [0.1, 0.15) is 45.6 Å². The summed E-state index contributed by atoms with van der Waals surface area (Å²) in [4.78, 5) is 13.5. The van der Waals surface area contributed by atoms with Gasteiger partial charge in [-0.2, -0.15) is 0 Å². The predicted molar refractivity (Wildman–Crippen MR) is 88.8 cm³/mol. The van der Waals surface area contributed by atoms with E-state index in [4.69, 9.17) is 9.47 Å². The van der Waals surface area contributed by atoms with Gasteiger partial charge >= 0.3 is 6.09 Å². The van der Waals surface area contributed by atoms with E-state index in [2.05, 4.69) is 12.1 Å². The van der Waals surface area contributed by atoms with Gasteiger partial charge in [0.1, 0.15) is 0 Å². The summed E-state index contributed by atoms with van der Waals surface area (Å²) in [7, 11) is 0. The molecule has 1 heterocycles. The van der Waals surface area contributed by atoms with Crippen LogP contribution in [0.2, 0.25) is 0 Å². The van der Waals surface area contributed by atoms with Crippen LogP contribution in [0.15, 0.2) is 30.3 Å². The van der Waals surface area contributed by atoms with Crippen molar-refractivity contribution >= 4 is 6.09 Å². The number of benzene rings is 1. The second-order valence-electron chi connectivity index (χ2n) is 5.04. The third kappa shape index (κ3) is 6.48. The summed E-state index contributed by atoms with van der Waals surface area (Å²) < 4.78 is 11.0. The van der Waals surface area contributed by atoms with Crippen LogP contribution in [-0.2, 0) is 16.1 Å². The van der Waals surface area contributed by atoms with E-state index in [0.29, 0.717) is 13.2 Å². The van der Waals surface area contributed by atoms with E-state index in [1.165, 1.54) is 5.56 Å². The van der Waals surface area contributed by atoms with Gasteiger partial charge in [-0.15, -0.1) is 0 Å². The van der Waals surface area contributed by atoms with Crippen molar-refractivity contribution in [2.75, 3.05) is 19.7 Å². The molecule has 1 unspecified atom stereocenters. The summed E-state index contributed by atoms with van der Waals surface area (Å²) in [6, 6.07) is 10.2. The van der Waals surface area contributed by atoms with Crippen LogP contribution in [0.25, 0.3) is 0 Å². The third-order valence-corrected chi connectivity index (χ3v) is 3.53. The van der Waals surface area contributed by atoms with Gasteiger partial charge in [0.2, 0.25) is 0 Å². The third-order valence-electron chi connectivity index (χ3n) is 3.53. The molecule has 0 bridgehead atoms. The van der Waals surface area contributed by atoms with Crippen molar-refractivity contribution in [1.29, 1.82) is 0 Å². The average Bonchev–Trinajstić information content (AvgIpc) is 2.82. The first-order valence-corrected chi connectivity index (χ1v) is 8.37. The van der Waals surface area contributed by atoms with Crippen LogP contribution in [0, 0.1) is 0 Å². The van der Waals surface area contributed by atoms with Gasteiger partial charge in [0.05, 0.1) is 19.3 Å². The molecule has 4 nitrogen and oxygen atoms in total. The topological polar surface area (TPSA) is 38.8 Å². The zero-order valence-electron chi connectivity index (χ0n) is 14.1. The molecule has 1 fully saturated rings. The van der Waals surface area contributed by atoms with Gasteiger partial charge in [-0.25, -0.2) is 4.79 Å². The van der Waals surface area contributed by atoms with E-state index in [1.54, 1.807) is 4.90 Å². The SMILES string of the molecule is CC.CCOC(=O)N1CCCC(OCc2ccccc2)CC1. The molecule has 1 amide bonds. The summed E-state index contributed by atoms with van der Waals surface area (Å²) in [5, 5.41) is 0. The van der Waals surface area contributed by atoms with Gasteiger partial charge < -0.3 is 14.4 Å². The van der Waals surface area contributed by atoms with Crippen molar-refractivity contribution in [3.05, 3.63) is 35.9 Å². The lowest BCUT2D eigenvalue weighted by atomic mass is 10.1. The predicted octanol–water partition coefficient (Wildman–Crippen LogP) is 4.24. The molecule has 1 aromatic rings. The van der Waals surface area contributed by atoms with Crippen molar-refractivity contribution in [3.63, 3.8) is 0 Å². The Labute approximate surface area is 134 Å². The van der Waals surface area contributed by atoms with Gasteiger partial charge in [0.15, 0.2) is 0 Å². The van der Waals surface area contributed by atoms with Gasteiger partial charge in [0.25, 0.3) is 0 Å². The van der Waals surface area contributed by atoms with Crippen LogP contribution < -0.4 is 0 Å². The molecule has 1 aromatic carbocycles. The summed E-state index contributed by atoms with van der Waals surface area (Å²) in [6.45, 7) is 8.40. The number of nitrogens with zero attached hydrogens (tertiary/aromatic N) is 1. The summed E-state index contributed by atoms with van der Waals surface area (Å²) in [5.41, 5.74) is 1.19. The van der Waals surface area contributed by atoms with Crippen molar-refractivity contribution in [1.82, 2.24) is 4.90 Å². The molecule has 0 spiro atoms. The Kier molecular flexibility index (Phi) is 9.31. The Morgan fingerprint density at radius 1 is 1.18 bits per heavy atom. The zero-order chi connectivity index (χ0) is 16.2. The molecule has 1 aliphatic rings. The fourth-order valence-corrected chi connectivity index (χ4v) is 2.42. The number of hydrogen-bond donors (Lipinski definition) is 0. The lowest BCUT2D eigenvalue weighted by Crippen LogP contribution is -2.32. The monoisotopic (exact) mass is 307 g/mol. The molecule has 22 heavy (non-hydrogen) atoms. The molecule has 2 rings (SSSR count). The highest BCUT2D eigenvalue weighted by molar-refractivity contribution is 5.67. The smallest absolute Gasteiger partial charge is 0.409 e. The number of rotatable bonds is 4. The van der Waals surface area contributed by atoms with E-state index < -0.39 is 0 Å². The molecule has 0 N–H and O–H groups in total. The summed E-state index contributed by atoms with van der Waals surface area (Å²) in [6.07, 6.45) is 2.89. The second kappa shape index (κ2) is 11.1. The fourth-order valence-electron chi connectivity index (χ4n) is 2.42. The maximum Gasteiger partial charge on any atom is 0.409 e. The number of carbonyl (C=O) groups is 1. The molecule has 0 radical (unpaired) electrons. The highest BCUT2D eigenvalue weighted by Crippen LogP contribution is 2.16. The maximum absolute atomic E-state index is 11.7. The van der Waals surface area contributed by atoms with Crippen LogP contribution >= 0.6 is 0 Å². The van der Waals surface area contributed by atoms with Gasteiger partial charge in [-0.1, -0.05) is 44.2 Å². The molecule has 4 heteroatoms. The number of carbonyl (C=O) groups excluding carboxylic acids is 1. The number of likely N-dealkylation sites (tertiary alicyclic amines) is 1. The molecule has 124 valence electrons. The van der Waals surface area contributed by atoms with E-state index in [0.717, 1.165) is 32.4 Å². The first-order valence-electron chi connectivity index (χ1n) is 8.37. The second-order valence-corrected chi connectivity index (χ2v) is 5.04. The minimum Gasteiger partial charge on any atom is -0.450 e. The molecule has 1 atom stereocenters. The highest BCUT2D eigenvalue weighted by atomic mass is 16.6. The van der Waals surface area contributed by atoms with Crippen LogP contribution in [-0.4, -0.2) is 36.8 Å². The number of ether oxygens (including phenoxy) is 2. The van der Waals surface area contributed by atoms with Crippen molar-refractivity contribution in [3.8, 4) is 0 Å². The van der Waals surface area contributed by atoms with Gasteiger partial charge in [-0.05, 0) is 31.7 Å². The minimum atomic E-state index is -0.198. The number of hydrogen-bond acceptors (Lipinski definition) is 3. The largest absolute Gasteiger partial charge is 0.450 e. The lowest BCUT2D eigenvalue weighted by Gasteiger charge is -2.19. The molecule has 0 aliphatic carbocycles. The Hall–Kier alpha value is -1.55. The first-order chi connectivity index (χ1) is 10.8. The minimum absolute atomic E-state index is 0.198. The summed E-state index contributed by atoms with van der Waals surface area (Å²) in [5.74, 6) is 0. The normalized spacial score (nSPS) is 18.0. The molecule has 1 aliphatic heterocycles. The quantitative estimate of drug-likeness (QED) is 0.835. The average molecular weight is 307 g/mol. The van der Waals surface area contributed by atoms with Crippen LogP contribution in [0.3, 0.4) is 0 Å². The molecular formula is C18H29NO3. The standard InChI is InChI=1S/C16H23NO3.C2H6/c1-2-19-16(18)17-11-6-9-15(10-12-17)20-13-14-7-4-3-5-8-14;1-2/h3-5,7-8,15H,2,6,9-13H2,1H3;1-2H3. The Morgan fingerprint density at radius 3 is 2.59 bits per heavy atom. The Balaban J connectivity index is 0.00000116. The molecule has 1 saturated heterocycles. The number of amides is 1. The Bertz CT molecular complexity index is 408. The van der Waals surface area contributed by atoms with Crippen molar-refractivity contribution < 1.29 is 14.3 Å². The lowest BCUT2D eigenvalue weighted by molar-refractivity contribution is 0.0309. The molecule has 0 saturated carbocycles.